The highest BCUT2D eigenvalue weighted by atomic mass is 16.5. The van der Waals surface area contributed by atoms with Crippen molar-refractivity contribution in [2.24, 2.45) is 17.3 Å². The summed E-state index contributed by atoms with van der Waals surface area (Å²) >= 11 is 0. The van der Waals surface area contributed by atoms with Gasteiger partial charge in [-0.3, -0.25) is 4.79 Å². The summed E-state index contributed by atoms with van der Waals surface area (Å²) in [6.45, 7) is 12.5. The number of hydrogen-bond donors (Lipinski definition) is 1. The maximum Gasteiger partial charge on any atom is 0.230 e. The molecular formula is C15H30N2O2. The lowest BCUT2D eigenvalue weighted by molar-refractivity contribution is -0.145. The van der Waals surface area contributed by atoms with Crippen molar-refractivity contribution in [3.63, 3.8) is 0 Å². The number of methoxy groups -OCH3 is 1. The van der Waals surface area contributed by atoms with Crippen LogP contribution in [-0.4, -0.2) is 50.7 Å². The normalized spacial score (nSPS) is 23.3. The summed E-state index contributed by atoms with van der Waals surface area (Å²) in [6.07, 6.45) is 0.949. The van der Waals surface area contributed by atoms with Crippen molar-refractivity contribution in [3.05, 3.63) is 0 Å². The van der Waals surface area contributed by atoms with Gasteiger partial charge in [0.1, 0.15) is 0 Å². The molecule has 1 aliphatic rings. The molecule has 0 aromatic rings. The molecule has 1 N–H and O–H groups in total. The first-order valence-corrected chi connectivity index (χ1v) is 7.43. The van der Waals surface area contributed by atoms with Gasteiger partial charge < -0.3 is 15.0 Å². The summed E-state index contributed by atoms with van der Waals surface area (Å²) in [5.74, 6) is 1.16. The molecule has 1 rings (SSSR count). The molecule has 0 saturated carbocycles. The zero-order valence-electron chi connectivity index (χ0n) is 13.2. The topological polar surface area (TPSA) is 41.6 Å². The van der Waals surface area contributed by atoms with E-state index in [-0.39, 0.29) is 5.41 Å². The molecule has 0 aliphatic carbocycles. The Morgan fingerprint density at radius 3 is 2.47 bits per heavy atom. The highest BCUT2D eigenvalue weighted by Gasteiger charge is 2.45. The van der Waals surface area contributed by atoms with Crippen molar-refractivity contribution in [2.45, 2.75) is 34.1 Å². The van der Waals surface area contributed by atoms with Crippen LogP contribution < -0.4 is 5.32 Å². The highest BCUT2D eigenvalue weighted by Crippen LogP contribution is 2.36. The quantitative estimate of drug-likeness (QED) is 0.766. The van der Waals surface area contributed by atoms with Crippen LogP contribution in [0.3, 0.4) is 0 Å². The van der Waals surface area contributed by atoms with E-state index in [9.17, 15) is 4.79 Å². The number of hydrogen-bond acceptors (Lipinski definition) is 3. The Bertz CT molecular complexity index is 284. The molecule has 19 heavy (non-hydrogen) atoms. The fraction of sp³-hybridized carbons (Fsp3) is 0.933. The van der Waals surface area contributed by atoms with E-state index in [1.54, 1.807) is 7.11 Å². The van der Waals surface area contributed by atoms with Gasteiger partial charge in [-0.1, -0.05) is 27.7 Å². The molecule has 1 aliphatic heterocycles. The number of carbonyl (C=O) groups is 1. The van der Waals surface area contributed by atoms with Gasteiger partial charge in [-0.05, 0) is 24.8 Å². The van der Waals surface area contributed by atoms with Crippen LogP contribution in [0.2, 0.25) is 0 Å². The third-order valence-corrected chi connectivity index (χ3v) is 4.16. The Hall–Kier alpha value is -0.610. The number of nitrogens with one attached hydrogen (secondary N) is 1. The zero-order valence-corrected chi connectivity index (χ0v) is 13.2. The Kier molecular flexibility index (Phi) is 6.27. The lowest BCUT2D eigenvalue weighted by Crippen LogP contribution is -2.50. The fourth-order valence-electron chi connectivity index (χ4n) is 2.87. The second kappa shape index (κ2) is 7.25. The first-order valence-electron chi connectivity index (χ1n) is 7.43. The second-order valence-corrected chi connectivity index (χ2v) is 6.38. The molecule has 1 unspecified atom stereocenters. The van der Waals surface area contributed by atoms with Crippen LogP contribution in [0.25, 0.3) is 0 Å². The van der Waals surface area contributed by atoms with Gasteiger partial charge in [0.2, 0.25) is 5.91 Å². The molecule has 0 aromatic carbocycles. The van der Waals surface area contributed by atoms with E-state index < -0.39 is 0 Å². The lowest BCUT2D eigenvalue weighted by Gasteiger charge is -2.37. The molecule has 1 heterocycles. The minimum atomic E-state index is -0.220. The van der Waals surface area contributed by atoms with Gasteiger partial charge in [0.25, 0.3) is 0 Å². The van der Waals surface area contributed by atoms with Crippen molar-refractivity contribution in [1.29, 1.82) is 0 Å². The van der Waals surface area contributed by atoms with Crippen molar-refractivity contribution in [2.75, 3.05) is 39.9 Å². The molecule has 1 amide bonds. The maximum absolute atomic E-state index is 13.0. The number of ether oxygens (including phenoxy) is 1. The van der Waals surface area contributed by atoms with E-state index >= 15 is 0 Å². The van der Waals surface area contributed by atoms with E-state index in [4.69, 9.17) is 4.74 Å². The van der Waals surface area contributed by atoms with E-state index in [0.717, 1.165) is 26.1 Å². The summed E-state index contributed by atoms with van der Waals surface area (Å²) in [5.41, 5.74) is -0.220. The van der Waals surface area contributed by atoms with Crippen LogP contribution in [-0.2, 0) is 9.53 Å². The van der Waals surface area contributed by atoms with Crippen molar-refractivity contribution >= 4 is 5.91 Å². The molecule has 1 fully saturated rings. The largest absolute Gasteiger partial charge is 0.383 e. The monoisotopic (exact) mass is 270 g/mol. The Morgan fingerprint density at radius 1 is 1.37 bits per heavy atom. The van der Waals surface area contributed by atoms with E-state index in [0.29, 0.717) is 30.9 Å². The average Bonchev–Trinajstić information content (AvgIpc) is 2.83. The minimum Gasteiger partial charge on any atom is -0.383 e. The van der Waals surface area contributed by atoms with Crippen LogP contribution in [0.1, 0.15) is 34.1 Å². The molecule has 4 nitrogen and oxygen atoms in total. The summed E-state index contributed by atoms with van der Waals surface area (Å²) in [4.78, 5) is 15.0. The fourth-order valence-corrected chi connectivity index (χ4v) is 2.87. The first kappa shape index (κ1) is 16.4. The molecule has 0 aromatic heterocycles. The average molecular weight is 270 g/mol. The predicted molar refractivity (Wildman–Crippen MR) is 78.1 cm³/mol. The van der Waals surface area contributed by atoms with Crippen LogP contribution in [0.5, 0.6) is 0 Å². The van der Waals surface area contributed by atoms with Crippen LogP contribution in [0.15, 0.2) is 0 Å². The molecule has 1 saturated heterocycles. The number of nitrogens with zero attached hydrogens (tertiary/aromatic N) is 1. The maximum atomic E-state index is 13.0. The van der Waals surface area contributed by atoms with Crippen molar-refractivity contribution < 1.29 is 9.53 Å². The van der Waals surface area contributed by atoms with E-state index in [1.165, 1.54) is 0 Å². The Balaban J connectivity index is 2.83. The molecule has 0 spiro atoms. The van der Waals surface area contributed by atoms with Gasteiger partial charge in [0, 0.05) is 26.7 Å². The van der Waals surface area contributed by atoms with Crippen molar-refractivity contribution in [3.8, 4) is 0 Å². The summed E-state index contributed by atoms with van der Waals surface area (Å²) in [5, 5.41) is 3.36. The smallest absolute Gasteiger partial charge is 0.230 e. The summed E-state index contributed by atoms with van der Waals surface area (Å²) < 4.78 is 5.15. The number of carbonyl (C=O) groups excluding carboxylic acids is 1. The highest BCUT2D eigenvalue weighted by molar-refractivity contribution is 5.83. The van der Waals surface area contributed by atoms with E-state index in [1.807, 2.05) is 4.90 Å². The van der Waals surface area contributed by atoms with E-state index in [2.05, 4.69) is 33.0 Å². The van der Waals surface area contributed by atoms with Gasteiger partial charge >= 0.3 is 0 Å². The third-order valence-electron chi connectivity index (χ3n) is 4.16. The van der Waals surface area contributed by atoms with Gasteiger partial charge in [-0.25, -0.2) is 0 Å². The molecule has 1 atom stereocenters. The van der Waals surface area contributed by atoms with Gasteiger partial charge in [0.05, 0.1) is 12.0 Å². The minimum absolute atomic E-state index is 0.220. The number of rotatable bonds is 7. The second-order valence-electron chi connectivity index (χ2n) is 6.38. The van der Waals surface area contributed by atoms with Crippen molar-refractivity contribution in [1.82, 2.24) is 10.2 Å². The molecule has 0 radical (unpaired) electrons. The molecule has 4 heteroatoms. The number of amides is 1. The predicted octanol–water partition coefficient (Wildman–Crippen LogP) is 1.75. The molecular weight excluding hydrogens is 240 g/mol. The van der Waals surface area contributed by atoms with Crippen LogP contribution >= 0.6 is 0 Å². The SMILES string of the molecule is COCCN(CC(C)C)C(=O)C1(C(C)C)CCNC1. The summed E-state index contributed by atoms with van der Waals surface area (Å²) in [7, 11) is 1.69. The zero-order chi connectivity index (χ0) is 14.5. The molecule has 0 bridgehead atoms. The van der Waals surface area contributed by atoms with Crippen LogP contribution in [0, 0.1) is 17.3 Å². The Labute approximate surface area is 117 Å². The lowest BCUT2D eigenvalue weighted by atomic mass is 9.75. The Morgan fingerprint density at radius 2 is 2.05 bits per heavy atom. The third kappa shape index (κ3) is 3.93. The van der Waals surface area contributed by atoms with Gasteiger partial charge in [-0.2, -0.15) is 0 Å². The van der Waals surface area contributed by atoms with Gasteiger partial charge in [0.15, 0.2) is 0 Å². The first-order chi connectivity index (χ1) is 8.94. The van der Waals surface area contributed by atoms with Crippen LogP contribution in [0.4, 0.5) is 0 Å². The van der Waals surface area contributed by atoms with Gasteiger partial charge in [-0.15, -0.1) is 0 Å². The summed E-state index contributed by atoms with van der Waals surface area (Å²) in [6, 6.07) is 0. The molecule has 112 valence electrons. The standard InChI is InChI=1S/C15H30N2O2/c1-12(2)10-17(8-9-19-5)14(18)15(13(3)4)6-7-16-11-15/h12-13,16H,6-11H2,1-5H3.